The van der Waals surface area contributed by atoms with E-state index in [1.54, 1.807) is 0 Å². The first kappa shape index (κ1) is 31.5. The maximum absolute atomic E-state index is 12.0. The minimum Gasteiger partial charge on any atom is -0.463 e. The Kier molecular flexibility index (Phi) is 11.1. The minimum atomic E-state index is -1.91. The van der Waals surface area contributed by atoms with Gasteiger partial charge in [0, 0.05) is 27.7 Å². The zero-order chi connectivity index (χ0) is 28.9. The molecule has 2 rings (SSSR count). The van der Waals surface area contributed by atoms with E-state index in [0.29, 0.717) is 0 Å². The Bertz CT molecular complexity index is 905. The molecule has 16 nitrogen and oxygen atoms in total. The lowest BCUT2D eigenvalue weighted by molar-refractivity contribution is -0.280. The third kappa shape index (κ3) is 7.46. The van der Waals surface area contributed by atoms with Crippen LogP contribution in [0.1, 0.15) is 27.7 Å². The summed E-state index contributed by atoms with van der Waals surface area (Å²) >= 11 is 5.26. The normalized spacial score (nSPS) is 31.4. The minimum absolute atomic E-state index is 0.284. The van der Waals surface area contributed by atoms with E-state index in [1.165, 1.54) is 0 Å². The van der Waals surface area contributed by atoms with Crippen molar-refractivity contribution in [1.29, 1.82) is 0 Å². The number of esters is 4. The monoisotopic (exact) mass is 568 g/mol. The Balaban J connectivity index is 2.53. The van der Waals surface area contributed by atoms with Crippen LogP contribution in [0, 0.1) is 0 Å². The van der Waals surface area contributed by atoms with E-state index in [0.717, 1.165) is 32.6 Å². The van der Waals surface area contributed by atoms with E-state index in [1.807, 2.05) is 0 Å². The van der Waals surface area contributed by atoms with Crippen molar-refractivity contribution in [2.75, 3.05) is 13.2 Å². The molecule has 17 heteroatoms. The maximum Gasteiger partial charge on any atom is 0.303 e. The van der Waals surface area contributed by atoms with Gasteiger partial charge in [-0.2, -0.15) is 0 Å². The molecule has 2 aliphatic heterocycles. The summed E-state index contributed by atoms with van der Waals surface area (Å²) in [7, 11) is 0. The molecular weight excluding hydrogens is 536 g/mol. The Morgan fingerprint density at radius 2 is 1.47 bits per heavy atom. The highest BCUT2D eigenvalue weighted by Crippen LogP contribution is 2.34. The lowest BCUT2D eigenvalue weighted by atomic mass is 9.96. The highest BCUT2D eigenvalue weighted by molar-refractivity contribution is 7.80. The quantitative estimate of drug-likeness (QED) is 0.0838. The van der Waals surface area contributed by atoms with Gasteiger partial charge in [-0.1, -0.05) is 0 Å². The molecule has 0 aliphatic carbocycles. The summed E-state index contributed by atoms with van der Waals surface area (Å²) in [6, 6.07) is -1.45. The molecule has 38 heavy (non-hydrogen) atoms. The second-order valence-corrected chi connectivity index (χ2v) is 9.00. The number of ether oxygens (including phenoxy) is 5. The predicted octanol–water partition coefficient (Wildman–Crippen LogP) is -3.98. The second kappa shape index (κ2) is 13.4. The number of nitrogens with one attached hydrogen (secondary N) is 1. The lowest BCUT2D eigenvalue weighted by Gasteiger charge is -2.47. The van der Waals surface area contributed by atoms with Crippen molar-refractivity contribution in [2.45, 2.75) is 88.9 Å². The van der Waals surface area contributed by atoms with Gasteiger partial charge in [0.1, 0.15) is 37.1 Å². The number of hydrogen-bond donors (Lipinski definition) is 6. The molecule has 216 valence electrons. The largest absolute Gasteiger partial charge is 0.463 e. The van der Waals surface area contributed by atoms with Crippen molar-refractivity contribution in [3.8, 4) is 0 Å². The highest BCUT2D eigenvalue weighted by Gasteiger charge is 2.57. The van der Waals surface area contributed by atoms with Crippen LogP contribution in [-0.4, -0.2) is 134 Å². The van der Waals surface area contributed by atoms with Crippen LogP contribution in [0.3, 0.4) is 0 Å². The summed E-state index contributed by atoms with van der Waals surface area (Å²) in [5.74, 6) is -3.31. The number of aliphatic hydroxyl groups excluding tert-OH is 5. The summed E-state index contributed by atoms with van der Waals surface area (Å²) in [5, 5.41) is 52.7. The number of rotatable bonds is 10. The summed E-state index contributed by atoms with van der Waals surface area (Å²) in [6.07, 6.45) is -14.8. The number of aliphatic hydroxyl groups is 5. The molecule has 2 saturated heterocycles. The van der Waals surface area contributed by atoms with E-state index in [2.05, 4.69) is 5.32 Å². The molecule has 5 unspecified atom stereocenters. The van der Waals surface area contributed by atoms with Gasteiger partial charge in [-0.05, 0) is 12.2 Å². The third-order valence-electron chi connectivity index (χ3n) is 5.67. The topological polar surface area (TPSA) is 231 Å². The SMILES string of the molecule is CC(=O)OCC1OC(N2C(=S)N[C@H]([C@@H](O)[C@H](O)[C@H](O)CO)[C@H]2O)C(OC(C)=O)C(OC(C)=O)C1OC(C)=O. The molecule has 2 fully saturated rings. The first-order valence-corrected chi connectivity index (χ1v) is 11.8. The van der Waals surface area contributed by atoms with Crippen LogP contribution >= 0.6 is 12.2 Å². The molecular formula is C21H32N2O14S. The molecule has 10 atom stereocenters. The van der Waals surface area contributed by atoms with Crippen molar-refractivity contribution < 1.29 is 68.4 Å². The fourth-order valence-electron chi connectivity index (χ4n) is 4.09. The van der Waals surface area contributed by atoms with Gasteiger partial charge in [-0.15, -0.1) is 0 Å². The predicted molar refractivity (Wildman–Crippen MR) is 124 cm³/mol. The molecule has 0 aromatic heterocycles. The Labute approximate surface area is 222 Å². The Hall–Kier alpha value is -2.67. The summed E-state index contributed by atoms with van der Waals surface area (Å²) in [6.45, 7) is 2.82. The average molecular weight is 569 g/mol. The van der Waals surface area contributed by atoms with Crippen LogP contribution in [0.5, 0.6) is 0 Å². The number of hydrogen-bond acceptors (Lipinski definition) is 15. The molecule has 0 aromatic rings. The van der Waals surface area contributed by atoms with Gasteiger partial charge in [0.05, 0.1) is 6.61 Å². The van der Waals surface area contributed by atoms with Crippen molar-refractivity contribution >= 4 is 41.2 Å². The fourth-order valence-corrected chi connectivity index (χ4v) is 4.44. The molecule has 6 N–H and O–H groups in total. The maximum atomic E-state index is 12.0. The van der Waals surface area contributed by atoms with Crippen LogP contribution in [-0.2, 0) is 42.9 Å². The van der Waals surface area contributed by atoms with Gasteiger partial charge < -0.3 is 54.5 Å². The van der Waals surface area contributed by atoms with Crippen molar-refractivity contribution in [2.24, 2.45) is 0 Å². The number of nitrogens with zero attached hydrogens (tertiary/aromatic N) is 1. The van der Waals surface area contributed by atoms with Gasteiger partial charge in [0.25, 0.3) is 0 Å². The van der Waals surface area contributed by atoms with Crippen LogP contribution in [0.15, 0.2) is 0 Å². The van der Waals surface area contributed by atoms with E-state index in [4.69, 9.17) is 41.0 Å². The number of carbonyl (C=O) groups excluding carboxylic acids is 4. The second-order valence-electron chi connectivity index (χ2n) is 8.62. The van der Waals surface area contributed by atoms with Crippen molar-refractivity contribution in [1.82, 2.24) is 10.2 Å². The molecule has 0 bridgehead atoms. The first-order valence-electron chi connectivity index (χ1n) is 11.4. The van der Waals surface area contributed by atoms with Crippen molar-refractivity contribution in [3.63, 3.8) is 0 Å². The molecule has 2 aliphatic rings. The average Bonchev–Trinajstić information content (AvgIpc) is 3.11. The van der Waals surface area contributed by atoms with Gasteiger partial charge >= 0.3 is 23.9 Å². The molecule has 0 amide bonds. The van der Waals surface area contributed by atoms with Crippen LogP contribution in [0.25, 0.3) is 0 Å². The van der Waals surface area contributed by atoms with Crippen molar-refractivity contribution in [3.05, 3.63) is 0 Å². The van der Waals surface area contributed by atoms with E-state index >= 15 is 0 Å². The van der Waals surface area contributed by atoms with Gasteiger partial charge in [-0.3, -0.25) is 24.1 Å². The van der Waals surface area contributed by atoms with E-state index in [-0.39, 0.29) is 5.11 Å². The Morgan fingerprint density at radius 1 is 0.947 bits per heavy atom. The zero-order valence-electron chi connectivity index (χ0n) is 21.0. The summed E-state index contributed by atoms with van der Waals surface area (Å²) in [5.41, 5.74) is 0. The standard InChI is InChI=1S/C21H32N2O14S/c1-7(25)33-6-12-16(34-8(2)26)17(35-9(3)27)18(36-10(4)28)20(37-12)23-19(32)13(22-21(23)38)15(31)14(30)11(29)5-24/h11-20,24,29-32H,5-6H2,1-4H3,(H,22,38)/t11-,12?,13-,14-,15-,16?,17?,18?,19-,20?/m1/s1. The smallest absolute Gasteiger partial charge is 0.303 e. The van der Waals surface area contributed by atoms with Crippen LogP contribution in [0.4, 0.5) is 0 Å². The molecule has 2 heterocycles. The first-order chi connectivity index (χ1) is 17.7. The van der Waals surface area contributed by atoms with E-state index in [9.17, 15) is 39.6 Å². The molecule has 0 spiro atoms. The van der Waals surface area contributed by atoms with Gasteiger partial charge in [0.15, 0.2) is 35.9 Å². The molecule has 0 saturated carbocycles. The molecule has 0 aromatic carbocycles. The highest BCUT2D eigenvalue weighted by atomic mass is 32.1. The van der Waals surface area contributed by atoms with Gasteiger partial charge in [-0.25, -0.2) is 0 Å². The number of carbonyl (C=O) groups is 4. The van der Waals surface area contributed by atoms with Crippen LogP contribution in [0.2, 0.25) is 0 Å². The summed E-state index contributed by atoms with van der Waals surface area (Å²) in [4.78, 5) is 48.2. The van der Waals surface area contributed by atoms with E-state index < -0.39 is 98.3 Å². The lowest BCUT2D eigenvalue weighted by Crippen LogP contribution is -2.67. The summed E-state index contributed by atoms with van der Waals surface area (Å²) < 4.78 is 26.9. The zero-order valence-corrected chi connectivity index (χ0v) is 21.8. The van der Waals surface area contributed by atoms with Gasteiger partial charge in [0.2, 0.25) is 0 Å². The third-order valence-corrected chi connectivity index (χ3v) is 6.00. The molecule has 0 radical (unpaired) electrons. The number of thiocarbonyl (C=S) groups is 1. The van der Waals surface area contributed by atoms with Crippen LogP contribution < -0.4 is 5.32 Å². The fraction of sp³-hybridized carbons (Fsp3) is 0.762. The Morgan fingerprint density at radius 3 is 1.97 bits per heavy atom.